The quantitative estimate of drug-likeness (QED) is 0.718. The number of rotatable bonds is 3. The maximum Gasteiger partial charge on any atom is 0.338 e. The van der Waals surface area contributed by atoms with Gasteiger partial charge in [0.15, 0.2) is 5.65 Å². The molecular weight excluding hydrogens is 342 g/mol. The number of likely N-dealkylation sites (N-methyl/N-ethyl adjacent to an activating group) is 1. The van der Waals surface area contributed by atoms with Crippen molar-refractivity contribution in [1.29, 1.82) is 0 Å². The molecule has 8 heteroatoms. The molecule has 1 aromatic carbocycles. The third-order valence-electron chi connectivity index (χ3n) is 4.07. The van der Waals surface area contributed by atoms with E-state index in [9.17, 15) is 9.59 Å². The van der Waals surface area contributed by atoms with Gasteiger partial charge >= 0.3 is 11.7 Å². The molecule has 0 atom stereocenters. The number of halogens is 1. The molecule has 25 heavy (non-hydrogen) atoms. The van der Waals surface area contributed by atoms with Crippen LogP contribution in [0.3, 0.4) is 0 Å². The van der Waals surface area contributed by atoms with Crippen molar-refractivity contribution in [2.45, 2.75) is 13.3 Å². The number of hydrogen-bond acceptors (Lipinski definition) is 4. The van der Waals surface area contributed by atoms with Crippen molar-refractivity contribution < 1.29 is 4.79 Å². The van der Waals surface area contributed by atoms with Crippen LogP contribution >= 0.6 is 11.6 Å². The second-order valence-corrected chi connectivity index (χ2v) is 6.32. The third kappa shape index (κ3) is 3.28. The molecule has 0 N–H and O–H groups in total. The minimum absolute atomic E-state index is 0.404. The van der Waals surface area contributed by atoms with Crippen molar-refractivity contribution in [3.05, 3.63) is 57.4 Å². The van der Waals surface area contributed by atoms with E-state index in [1.54, 1.807) is 21.0 Å². The Morgan fingerprint density at radius 2 is 1.96 bits per heavy atom. The Hall–Kier alpha value is -2.67. The summed E-state index contributed by atoms with van der Waals surface area (Å²) >= 11 is 5.87. The second-order valence-electron chi connectivity index (χ2n) is 5.88. The Labute approximate surface area is 149 Å². The Morgan fingerprint density at radius 3 is 2.64 bits per heavy atom. The molecular formula is C17H18ClN5O2. The van der Waals surface area contributed by atoms with Crippen molar-refractivity contribution in [3.63, 3.8) is 0 Å². The average molecular weight is 360 g/mol. The molecule has 0 aliphatic rings. The number of imidazole rings is 1. The van der Waals surface area contributed by atoms with Crippen LogP contribution in [0.4, 0.5) is 4.79 Å². The van der Waals surface area contributed by atoms with Crippen LogP contribution in [0.2, 0.25) is 5.02 Å². The summed E-state index contributed by atoms with van der Waals surface area (Å²) in [5, 5.41) is 0.672. The van der Waals surface area contributed by atoms with E-state index >= 15 is 0 Å². The smallest absolute Gasteiger partial charge is 0.327 e. The zero-order chi connectivity index (χ0) is 18.1. The van der Waals surface area contributed by atoms with Gasteiger partial charge in [-0.1, -0.05) is 23.7 Å². The molecule has 2 aromatic heterocycles. The van der Waals surface area contributed by atoms with E-state index in [1.807, 2.05) is 24.3 Å². The van der Waals surface area contributed by atoms with Gasteiger partial charge in [0.05, 0.1) is 6.20 Å². The van der Waals surface area contributed by atoms with Crippen LogP contribution in [0, 0.1) is 6.92 Å². The lowest BCUT2D eigenvalue weighted by atomic mass is 10.1. The fourth-order valence-corrected chi connectivity index (χ4v) is 2.72. The monoisotopic (exact) mass is 359 g/mol. The molecule has 0 fully saturated rings. The van der Waals surface area contributed by atoms with Gasteiger partial charge in [0.2, 0.25) is 0 Å². The highest BCUT2D eigenvalue weighted by Crippen LogP contribution is 2.12. The van der Waals surface area contributed by atoms with Crippen LogP contribution in [-0.4, -0.2) is 43.6 Å². The Kier molecular flexibility index (Phi) is 4.59. The first-order valence-electron chi connectivity index (χ1n) is 7.79. The van der Waals surface area contributed by atoms with Crippen molar-refractivity contribution in [2.75, 3.05) is 13.6 Å². The van der Waals surface area contributed by atoms with E-state index in [4.69, 9.17) is 11.6 Å². The topological polar surface area (TPSA) is 73.0 Å². The standard InChI is InChI=1S/C17H18ClN5O2/c1-11-19-10-14-15(20-11)22(3)17(25)23(14)16(24)21(2)9-8-12-4-6-13(18)7-5-12/h4-7,10H,8-9H2,1-3H3. The number of nitrogens with zero attached hydrogens (tertiary/aromatic N) is 5. The lowest BCUT2D eigenvalue weighted by Gasteiger charge is -2.17. The number of benzene rings is 1. The maximum atomic E-state index is 12.8. The highest BCUT2D eigenvalue weighted by Gasteiger charge is 2.21. The van der Waals surface area contributed by atoms with Gasteiger partial charge in [-0.3, -0.25) is 4.57 Å². The van der Waals surface area contributed by atoms with Crippen molar-refractivity contribution in [3.8, 4) is 0 Å². The lowest BCUT2D eigenvalue weighted by Crippen LogP contribution is -2.38. The zero-order valence-electron chi connectivity index (χ0n) is 14.2. The molecule has 0 saturated heterocycles. The molecule has 3 rings (SSSR count). The molecule has 2 heterocycles. The van der Waals surface area contributed by atoms with Crippen molar-refractivity contribution >= 4 is 28.8 Å². The van der Waals surface area contributed by atoms with Crippen LogP contribution in [0.5, 0.6) is 0 Å². The number of hydrogen-bond donors (Lipinski definition) is 0. The summed E-state index contributed by atoms with van der Waals surface area (Å²) in [6, 6.07) is 7.06. The highest BCUT2D eigenvalue weighted by molar-refractivity contribution is 6.30. The summed E-state index contributed by atoms with van der Waals surface area (Å²) in [5.74, 6) is 0.545. The second kappa shape index (κ2) is 6.68. The molecule has 0 spiro atoms. The van der Waals surface area contributed by atoms with Gasteiger partial charge < -0.3 is 4.90 Å². The molecule has 7 nitrogen and oxygen atoms in total. The van der Waals surface area contributed by atoms with Gasteiger partial charge in [0, 0.05) is 25.7 Å². The number of carbonyl (C=O) groups excluding carboxylic acids is 1. The van der Waals surface area contributed by atoms with Gasteiger partial charge in [-0.05, 0) is 31.0 Å². The number of amides is 1. The van der Waals surface area contributed by atoms with Crippen LogP contribution < -0.4 is 5.69 Å². The maximum absolute atomic E-state index is 12.8. The molecule has 1 amide bonds. The van der Waals surface area contributed by atoms with Crippen LogP contribution in [0.1, 0.15) is 11.4 Å². The summed E-state index contributed by atoms with van der Waals surface area (Å²) in [4.78, 5) is 35.1. The molecule has 3 aromatic rings. The van der Waals surface area contributed by atoms with Crippen molar-refractivity contribution in [1.82, 2.24) is 24.0 Å². The van der Waals surface area contributed by atoms with Crippen molar-refractivity contribution in [2.24, 2.45) is 7.05 Å². The first-order chi connectivity index (χ1) is 11.9. The first kappa shape index (κ1) is 17.2. The summed E-state index contributed by atoms with van der Waals surface area (Å²) in [7, 11) is 3.26. The van der Waals surface area contributed by atoms with Crippen LogP contribution in [-0.2, 0) is 13.5 Å². The molecule has 130 valence electrons. The van der Waals surface area contributed by atoms with E-state index in [-0.39, 0.29) is 0 Å². The van der Waals surface area contributed by atoms with Crippen LogP contribution in [0.15, 0.2) is 35.3 Å². The molecule has 0 unspecified atom stereocenters. The third-order valence-corrected chi connectivity index (χ3v) is 4.33. The van der Waals surface area contributed by atoms with E-state index in [0.717, 1.165) is 10.1 Å². The van der Waals surface area contributed by atoms with Crippen LogP contribution in [0.25, 0.3) is 11.2 Å². The molecule has 0 radical (unpaired) electrons. The minimum Gasteiger partial charge on any atom is -0.327 e. The molecule has 0 aliphatic heterocycles. The normalized spacial score (nSPS) is 11.0. The van der Waals surface area contributed by atoms with Gasteiger partial charge in [0.1, 0.15) is 11.3 Å². The van der Waals surface area contributed by atoms with Gasteiger partial charge in [-0.25, -0.2) is 24.1 Å². The van der Waals surface area contributed by atoms with E-state index < -0.39 is 11.7 Å². The fraction of sp³-hybridized carbons (Fsp3) is 0.294. The number of aryl methyl sites for hydroxylation is 2. The molecule has 0 bridgehead atoms. The van der Waals surface area contributed by atoms with E-state index in [2.05, 4.69) is 9.97 Å². The number of fused-ring (bicyclic) bond motifs is 1. The lowest BCUT2D eigenvalue weighted by molar-refractivity contribution is 0.211. The molecule has 0 aliphatic carbocycles. The Morgan fingerprint density at radius 1 is 1.28 bits per heavy atom. The van der Waals surface area contributed by atoms with Gasteiger partial charge in [0.25, 0.3) is 0 Å². The van der Waals surface area contributed by atoms with Gasteiger partial charge in [-0.15, -0.1) is 0 Å². The predicted octanol–water partition coefficient (Wildman–Crippen LogP) is 2.23. The largest absolute Gasteiger partial charge is 0.338 e. The Balaban J connectivity index is 1.85. The predicted molar refractivity (Wildman–Crippen MR) is 96.1 cm³/mol. The fourth-order valence-electron chi connectivity index (χ4n) is 2.60. The number of aromatic nitrogens is 4. The zero-order valence-corrected chi connectivity index (χ0v) is 15.0. The minimum atomic E-state index is -0.432. The Bertz CT molecular complexity index is 991. The summed E-state index contributed by atoms with van der Waals surface area (Å²) < 4.78 is 2.46. The highest BCUT2D eigenvalue weighted by atomic mass is 35.5. The van der Waals surface area contributed by atoms with Gasteiger partial charge in [-0.2, -0.15) is 0 Å². The summed E-state index contributed by atoms with van der Waals surface area (Å²) in [6.07, 6.45) is 2.17. The molecule has 0 saturated carbocycles. The first-order valence-corrected chi connectivity index (χ1v) is 8.17. The summed E-state index contributed by atoms with van der Waals surface area (Å²) in [6.45, 7) is 2.21. The average Bonchev–Trinajstić information content (AvgIpc) is 2.84. The summed E-state index contributed by atoms with van der Waals surface area (Å²) in [5.41, 5.74) is 1.48. The SMILES string of the molecule is Cc1ncc2c(n1)n(C)c(=O)n2C(=O)N(C)CCc1ccc(Cl)cc1. The van der Waals surface area contributed by atoms with E-state index in [1.165, 1.54) is 15.7 Å². The van der Waals surface area contributed by atoms with E-state index in [0.29, 0.717) is 35.0 Å². The number of carbonyl (C=O) groups is 1.